The van der Waals surface area contributed by atoms with E-state index in [1.807, 2.05) is 31.0 Å². The van der Waals surface area contributed by atoms with Crippen LogP contribution in [0.1, 0.15) is 45.7 Å². The Hall–Kier alpha value is -3.02. The van der Waals surface area contributed by atoms with Crippen LogP contribution in [0.4, 0.5) is 0 Å². The number of likely N-dealkylation sites (tertiary alicyclic amines) is 1. The first-order valence-corrected chi connectivity index (χ1v) is 10.7. The van der Waals surface area contributed by atoms with E-state index in [-0.39, 0.29) is 17.7 Å². The van der Waals surface area contributed by atoms with Crippen LogP contribution in [-0.2, 0) is 11.2 Å². The van der Waals surface area contributed by atoms with Gasteiger partial charge in [-0.15, -0.1) is 0 Å². The first-order valence-electron chi connectivity index (χ1n) is 10.7. The summed E-state index contributed by atoms with van der Waals surface area (Å²) in [5, 5.41) is 4.30. The third kappa shape index (κ3) is 4.13. The van der Waals surface area contributed by atoms with E-state index < -0.39 is 0 Å². The van der Waals surface area contributed by atoms with Crippen molar-refractivity contribution in [1.29, 1.82) is 0 Å². The minimum absolute atomic E-state index is 0.00716. The van der Waals surface area contributed by atoms with E-state index in [0.29, 0.717) is 25.3 Å². The quantitative estimate of drug-likeness (QED) is 0.605. The predicted octanol–water partition coefficient (Wildman–Crippen LogP) is 3.63. The van der Waals surface area contributed by atoms with Crippen molar-refractivity contribution < 1.29 is 9.59 Å². The molecule has 1 atom stereocenters. The van der Waals surface area contributed by atoms with E-state index in [2.05, 4.69) is 40.4 Å². The van der Waals surface area contributed by atoms with Crippen LogP contribution >= 0.6 is 0 Å². The monoisotopic (exact) mass is 406 g/mol. The number of aromatic amines is 2. The second-order valence-electron chi connectivity index (χ2n) is 8.50. The maximum atomic E-state index is 12.9. The summed E-state index contributed by atoms with van der Waals surface area (Å²) < 4.78 is 0. The number of nitrogens with one attached hydrogen (secondary N) is 3. The maximum Gasteiger partial charge on any atom is 0.270 e. The lowest BCUT2D eigenvalue weighted by Crippen LogP contribution is -2.46. The minimum Gasteiger partial charge on any atom is -0.361 e. The highest BCUT2D eigenvalue weighted by Crippen LogP contribution is 2.22. The summed E-state index contributed by atoms with van der Waals surface area (Å²) in [6.45, 7) is 7.76. The fourth-order valence-corrected chi connectivity index (χ4v) is 4.45. The molecular weight excluding hydrogens is 376 g/mol. The van der Waals surface area contributed by atoms with Gasteiger partial charge < -0.3 is 20.2 Å². The number of H-pyrrole nitrogens is 2. The Morgan fingerprint density at radius 3 is 2.80 bits per heavy atom. The van der Waals surface area contributed by atoms with Gasteiger partial charge in [0.1, 0.15) is 5.69 Å². The molecular formula is C24H30N4O2. The Labute approximate surface area is 177 Å². The molecule has 0 bridgehead atoms. The number of nitrogens with zero attached hydrogens (tertiary/aromatic N) is 1. The maximum absolute atomic E-state index is 12.9. The van der Waals surface area contributed by atoms with Crippen molar-refractivity contribution in [3.8, 4) is 0 Å². The summed E-state index contributed by atoms with van der Waals surface area (Å²) in [6, 6.07) is 8.34. The minimum atomic E-state index is -0.149. The zero-order valence-electron chi connectivity index (χ0n) is 18.0. The average molecular weight is 407 g/mol. The first-order chi connectivity index (χ1) is 14.4. The zero-order chi connectivity index (χ0) is 21.3. The van der Waals surface area contributed by atoms with Crippen LogP contribution in [0.2, 0.25) is 0 Å². The fraction of sp³-hybridized carbons (Fsp3) is 0.417. The van der Waals surface area contributed by atoms with Gasteiger partial charge in [0.15, 0.2) is 0 Å². The highest BCUT2D eigenvalue weighted by atomic mass is 16.2. The number of rotatable bonds is 5. The number of carbonyl (C=O) groups is 2. The zero-order valence-corrected chi connectivity index (χ0v) is 18.0. The molecule has 0 saturated carbocycles. The van der Waals surface area contributed by atoms with Gasteiger partial charge in [0.25, 0.3) is 5.91 Å². The Kier molecular flexibility index (Phi) is 5.66. The van der Waals surface area contributed by atoms with Gasteiger partial charge in [-0.25, -0.2) is 0 Å². The summed E-state index contributed by atoms with van der Waals surface area (Å²) in [7, 11) is 0. The lowest BCUT2D eigenvalue weighted by Gasteiger charge is -2.32. The molecule has 1 aromatic carbocycles. The molecule has 158 valence electrons. The number of aromatic nitrogens is 2. The Morgan fingerprint density at radius 2 is 2.03 bits per heavy atom. The Bertz CT molecular complexity index is 1080. The average Bonchev–Trinajstić information content (AvgIpc) is 3.29. The van der Waals surface area contributed by atoms with Gasteiger partial charge in [0, 0.05) is 42.4 Å². The van der Waals surface area contributed by atoms with Crippen molar-refractivity contribution in [2.45, 2.75) is 40.0 Å². The van der Waals surface area contributed by atoms with Crippen molar-refractivity contribution in [2.75, 3.05) is 19.6 Å². The van der Waals surface area contributed by atoms with Gasteiger partial charge in [-0.05, 0) is 69.4 Å². The molecule has 1 aliphatic rings. The van der Waals surface area contributed by atoms with Crippen molar-refractivity contribution in [1.82, 2.24) is 20.2 Å². The molecule has 1 fully saturated rings. The number of hydrogen-bond acceptors (Lipinski definition) is 2. The van der Waals surface area contributed by atoms with Crippen LogP contribution in [0.5, 0.6) is 0 Å². The lowest BCUT2D eigenvalue weighted by atomic mass is 9.96. The van der Waals surface area contributed by atoms with Gasteiger partial charge in [0.05, 0.1) is 5.92 Å². The molecule has 6 nitrogen and oxygen atoms in total. The Balaban J connectivity index is 1.33. The van der Waals surface area contributed by atoms with Crippen molar-refractivity contribution >= 4 is 22.7 Å². The molecule has 3 heterocycles. The molecule has 0 aliphatic carbocycles. The fourth-order valence-electron chi connectivity index (χ4n) is 4.45. The smallest absolute Gasteiger partial charge is 0.270 e. The number of hydrogen-bond donors (Lipinski definition) is 3. The number of benzene rings is 1. The first kappa shape index (κ1) is 20.3. The molecule has 3 N–H and O–H groups in total. The van der Waals surface area contributed by atoms with Crippen LogP contribution < -0.4 is 5.32 Å². The summed E-state index contributed by atoms with van der Waals surface area (Å²) >= 11 is 0. The summed E-state index contributed by atoms with van der Waals surface area (Å²) in [5.41, 5.74) is 6.15. The SMILES string of the molecule is Cc1ccc2[nH]cc(CCNC(=O)[C@H]3CCCN(C(=O)c4[nH]c(C)cc4C)C3)c2c1. The van der Waals surface area contributed by atoms with Gasteiger partial charge >= 0.3 is 0 Å². The second kappa shape index (κ2) is 8.38. The number of aryl methyl sites for hydroxylation is 3. The second-order valence-corrected chi connectivity index (χ2v) is 8.50. The van der Waals surface area contributed by atoms with E-state index in [1.165, 1.54) is 16.5 Å². The summed E-state index contributed by atoms with van der Waals surface area (Å²) in [6.07, 6.45) is 4.48. The molecule has 6 heteroatoms. The highest BCUT2D eigenvalue weighted by Gasteiger charge is 2.29. The van der Waals surface area contributed by atoms with Crippen LogP contribution in [-0.4, -0.2) is 46.3 Å². The van der Waals surface area contributed by atoms with Crippen molar-refractivity contribution in [3.63, 3.8) is 0 Å². The largest absolute Gasteiger partial charge is 0.361 e. The lowest BCUT2D eigenvalue weighted by molar-refractivity contribution is -0.126. The number of piperidine rings is 1. The van der Waals surface area contributed by atoms with E-state index in [4.69, 9.17) is 0 Å². The summed E-state index contributed by atoms with van der Waals surface area (Å²) in [5.74, 6) is -0.112. The van der Waals surface area contributed by atoms with Gasteiger partial charge in [0.2, 0.25) is 5.91 Å². The van der Waals surface area contributed by atoms with Crippen LogP contribution in [0.25, 0.3) is 10.9 Å². The van der Waals surface area contributed by atoms with Gasteiger partial charge in [-0.2, -0.15) is 0 Å². The molecule has 1 aliphatic heterocycles. The Morgan fingerprint density at radius 1 is 1.20 bits per heavy atom. The van der Waals surface area contributed by atoms with E-state index in [9.17, 15) is 9.59 Å². The summed E-state index contributed by atoms with van der Waals surface area (Å²) in [4.78, 5) is 33.9. The molecule has 0 radical (unpaired) electrons. The van der Waals surface area contributed by atoms with Crippen molar-refractivity contribution in [2.24, 2.45) is 5.92 Å². The molecule has 0 spiro atoms. The van der Waals surface area contributed by atoms with E-state index >= 15 is 0 Å². The van der Waals surface area contributed by atoms with E-state index in [1.54, 1.807) is 0 Å². The van der Waals surface area contributed by atoms with Crippen LogP contribution in [0, 0.1) is 26.7 Å². The molecule has 30 heavy (non-hydrogen) atoms. The van der Waals surface area contributed by atoms with Gasteiger partial charge in [-0.3, -0.25) is 9.59 Å². The molecule has 1 saturated heterocycles. The molecule has 3 aromatic rings. The molecule has 4 rings (SSSR count). The molecule has 0 unspecified atom stereocenters. The third-order valence-electron chi connectivity index (χ3n) is 6.06. The molecule has 2 aromatic heterocycles. The number of fused-ring (bicyclic) bond motifs is 1. The van der Waals surface area contributed by atoms with Crippen molar-refractivity contribution in [3.05, 3.63) is 58.5 Å². The predicted molar refractivity (Wildman–Crippen MR) is 119 cm³/mol. The van der Waals surface area contributed by atoms with Crippen LogP contribution in [0.3, 0.4) is 0 Å². The topological polar surface area (TPSA) is 81.0 Å². The van der Waals surface area contributed by atoms with E-state index in [0.717, 1.165) is 36.0 Å². The number of amides is 2. The molecule has 2 amide bonds. The van der Waals surface area contributed by atoms with Crippen LogP contribution in [0.15, 0.2) is 30.5 Å². The standard InChI is InChI=1S/C24H30N4O2/c1-15-6-7-21-20(11-15)18(13-26-21)8-9-25-23(29)19-5-4-10-28(14-19)24(30)22-16(2)12-17(3)27-22/h6-7,11-13,19,26-27H,4-5,8-10,14H2,1-3H3,(H,25,29)/t19-/m0/s1. The van der Waals surface area contributed by atoms with Gasteiger partial charge in [-0.1, -0.05) is 11.6 Å². The third-order valence-corrected chi connectivity index (χ3v) is 6.06. The number of carbonyl (C=O) groups excluding carboxylic acids is 2. The normalized spacial score (nSPS) is 16.8. The highest BCUT2D eigenvalue weighted by molar-refractivity contribution is 5.94.